The SMILES string of the molecule is Cc1cncc(-n2c(=O)nc(Nc3cc4cn(C)nc4cc3Cl)n(Cc3cc(Br)cc(C#N)c3)c2=O)c1. The van der Waals surface area contributed by atoms with Crippen LogP contribution in [0.15, 0.2) is 69.1 Å². The van der Waals surface area contributed by atoms with E-state index < -0.39 is 11.4 Å². The van der Waals surface area contributed by atoms with Gasteiger partial charge in [0.25, 0.3) is 0 Å². The van der Waals surface area contributed by atoms with Gasteiger partial charge >= 0.3 is 11.4 Å². The molecule has 5 rings (SSSR count). The van der Waals surface area contributed by atoms with Crippen molar-refractivity contribution in [3.05, 3.63) is 102 Å². The van der Waals surface area contributed by atoms with Crippen molar-refractivity contribution in [1.82, 2.24) is 28.9 Å². The van der Waals surface area contributed by atoms with E-state index >= 15 is 0 Å². The fourth-order valence-corrected chi connectivity index (χ4v) is 4.73. The predicted octanol–water partition coefficient (Wildman–Crippen LogP) is 4.06. The molecule has 37 heavy (non-hydrogen) atoms. The molecule has 2 aromatic carbocycles. The summed E-state index contributed by atoms with van der Waals surface area (Å²) < 4.78 is 4.62. The average molecular weight is 578 g/mol. The summed E-state index contributed by atoms with van der Waals surface area (Å²) in [5.74, 6) is -0.00418. The quantitative estimate of drug-likeness (QED) is 0.334. The molecule has 0 saturated heterocycles. The molecule has 12 heteroatoms. The number of hydrogen-bond acceptors (Lipinski definition) is 7. The lowest BCUT2D eigenvalue weighted by Crippen LogP contribution is -2.41. The van der Waals surface area contributed by atoms with Crippen molar-refractivity contribution < 1.29 is 0 Å². The van der Waals surface area contributed by atoms with Gasteiger partial charge in [0.1, 0.15) is 0 Å². The molecule has 0 spiro atoms. The fraction of sp³-hybridized carbons (Fsp3) is 0.120. The summed E-state index contributed by atoms with van der Waals surface area (Å²) in [7, 11) is 1.80. The van der Waals surface area contributed by atoms with Gasteiger partial charge in [0.2, 0.25) is 5.95 Å². The van der Waals surface area contributed by atoms with Crippen molar-refractivity contribution in [2.45, 2.75) is 13.5 Å². The minimum Gasteiger partial charge on any atom is -0.324 e. The normalized spacial score (nSPS) is 11.0. The second-order valence-electron chi connectivity index (χ2n) is 8.42. The highest BCUT2D eigenvalue weighted by Gasteiger charge is 2.18. The summed E-state index contributed by atoms with van der Waals surface area (Å²) in [5, 5.41) is 17.9. The molecule has 0 atom stereocenters. The molecule has 0 aliphatic heterocycles. The molecule has 3 aromatic heterocycles. The zero-order chi connectivity index (χ0) is 26.3. The van der Waals surface area contributed by atoms with Crippen molar-refractivity contribution in [3.8, 4) is 11.8 Å². The van der Waals surface area contributed by atoms with Crippen LogP contribution in [-0.2, 0) is 13.6 Å². The lowest BCUT2D eigenvalue weighted by Gasteiger charge is -2.16. The van der Waals surface area contributed by atoms with Gasteiger partial charge in [-0.15, -0.1) is 0 Å². The highest BCUT2D eigenvalue weighted by atomic mass is 79.9. The zero-order valence-electron chi connectivity index (χ0n) is 19.6. The number of pyridine rings is 1. The summed E-state index contributed by atoms with van der Waals surface area (Å²) in [6, 6.07) is 12.4. The summed E-state index contributed by atoms with van der Waals surface area (Å²) in [6.07, 6.45) is 4.87. The number of rotatable bonds is 5. The van der Waals surface area contributed by atoms with Crippen LogP contribution in [0.3, 0.4) is 0 Å². The van der Waals surface area contributed by atoms with Crippen LogP contribution in [-0.4, -0.2) is 28.9 Å². The van der Waals surface area contributed by atoms with Crippen LogP contribution in [0.2, 0.25) is 5.02 Å². The molecule has 0 amide bonds. The number of nitriles is 1. The van der Waals surface area contributed by atoms with Gasteiger partial charge in [-0.3, -0.25) is 14.2 Å². The fourth-order valence-electron chi connectivity index (χ4n) is 3.99. The molecule has 3 heterocycles. The Morgan fingerprint density at radius 3 is 2.70 bits per heavy atom. The number of anilines is 2. The van der Waals surface area contributed by atoms with E-state index in [1.165, 1.54) is 10.8 Å². The standard InChI is InChI=1S/C25H18BrClN8O2/c1-14-3-19(11-29-10-14)35-24(36)31-23(30-22-7-17-13-33(2)32-21(17)8-20(22)27)34(25(35)37)12-16-4-15(9-28)5-18(26)6-16/h3-8,10-11,13H,12H2,1-2H3,(H,30,31,36). The van der Waals surface area contributed by atoms with Crippen molar-refractivity contribution in [2.75, 3.05) is 5.32 Å². The van der Waals surface area contributed by atoms with E-state index in [1.807, 2.05) is 13.1 Å². The van der Waals surface area contributed by atoms with Crippen LogP contribution in [0, 0.1) is 18.3 Å². The second-order valence-corrected chi connectivity index (χ2v) is 9.74. The molecular formula is C25H18BrClN8O2. The first-order valence-electron chi connectivity index (χ1n) is 11.0. The molecule has 0 bridgehead atoms. The minimum absolute atomic E-state index is 0.00418. The van der Waals surface area contributed by atoms with Gasteiger partial charge in [0.05, 0.1) is 46.3 Å². The third-order valence-electron chi connectivity index (χ3n) is 5.57. The molecule has 5 aromatic rings. The van der Waals surface area contributed by atoms with Crippen LogP contribution in [0.5, 0.6) is 0 Å². The van der Waals surface area contributed by atoms with Crippen molar-refractivity contribution >= 4 is 50.1 Å². The van der Waals surface area contributed by atoms with Gasteiger partial charge in [0, 0.05) is 29.3 Å². The smallest absolute Gasteiger partial charge is 0.324 e. The Hall–Kier alpha value is -4.27. The van der Waals surface area contributed by atoms with Gasteiger partial charge in [-0.1, -0.05) is 27.5 Å². The minimum atomic E-state index is -0.776. The topological polar surface area (TPSA) is 123 Å². The van der Waals surface area contributed by atoms with Crippen LogP contribution in [0.4, 0.5) is 11.6 Å². The first kappa shape index (κ1) is 24.4. The highest BCUT2D eigenvalue weighted by molar-refractivity contribution is 9.10. The van der Waals surface area contributed by atoms with E-state index in [0.29, 0.717) is 37.5 Å². The van der Waals surface area contributed by atoms with E-state index in [4.69, 9.17) is 11.6 Å². The molecule has 0 fully saturated rings. The maximum absolute atomic E-state index is 13.8. The maximum Gasteiger partial charge on any atom is 0.359 e. The van der Waals surface area contributed by atoms with Crippen LogP contribution in [0.25, 0.3) is 16.6 Å². The molecule has 0 radical (unpaired) electrons. The molecule has 184 valence electrons. The molecule has 0 saturated carbocycles. The molecular weight excluding hydrogens is 560 g/mol. The molecule has 10 nitrogen and oxygen atoms in total. The van der Waals surface area contributed by atoms with E-state index in [1.54, 1.807) is 54.3 Å². The highest BCUT2D eigenvalue weighted by Crippen LogP contribution is 2.29. The van der Waals surface area contributed by atoms with Gasteiger partial charge < -0.3 is 5.32 Å². The maximum atomic E-state index is 13.8. The lowest BCUT2D eigenvalue weighted by molar-refractivity contribution is 0.657. The third kappa shape index (κ3) is 4.89. The number of nitrogens with zero attached hydrogens (tertiary/aromatic N) is 7. The van der Waals surface area contributed by atoms with Crippen LogP contribution >= 0.6 is 27.5 Å². The Morgan fingerprint density at radius 2 is 1.95 bits per heavy atom. The first-order chi connectivity index (χ1) is 17.7. The molecule has 0 aliphatic carbocycles. The average Bonchev–Trinajstić information content (AvgIpc) is 3.20. The third-order valence-corrected chi connectivity index (χ3v) is 6.34. The Morgan fingerprint density at radius 1 is 1.14 bits per heavy atom. The van der Waals surface area contributed by atoms with E-state index in [9.17, 15) is 14.9 Å². The summed E-state index contributed by atoms with van der Waals surface area (Å²) in [4.78, 5) is 35.2. The Bertz CT molecular complexity index is 1850. The number of hydrogen-bond donors (Lipinski definition) is 1. The monoisotopic (exact) mass is 576 g/mol. The van der Waals surface area contributed by atoms with Gasteiger partial charge in [-0.05, 0) is 54.4 Å². The number of nitrogens with one attached hydrogen (secondary N) is 1. The summed E-state index contributed by atoms with van der Waals surface area (Å²) in [6.45, 7) is 1.83. The Labute approximate surface area is 223 Å². The van der Waals surface area contributed by atoms with Crippen molar-refractivity contribution in [1.29, 1.82) is 5.26 Å². The largest absolute Gasteiger partial charge is 0.359 e. The number of fused-ring (bicyclic) bond motifs is 1. The number of halogens is 2. The number of benzene rings is 2. The summed E-state index contributed by atoms with van der Waals surface area (Å²) >= 11 is 9.90. The first-order valence-corrected chi connectivity index (χ1v) is 12.1. The van der Waals surface area contributed by atoms with E-state index in [2.05, 4.69) is 42.4 Å². The van der Waals surface area contributed by atoms with E-state index in [0.717, 1.165) is 15.5 Å². The van der Waals surface area contributed by atoms with Gasteiger partial charge in [-0.2, -0.15) is 15.3 Å². The number of aryl methyl sites for hydroxylation is 2. The molecule has 1 N–H and O–H groups in total. The van der Waals surface area contributed by atoms with Gasteiger partial charge in [0.15, 0.2) is 0 Å². The van der Waals surface area contributed by atoms with Crippen molar-refractivity contribution in [3.63, 3.8) is 0 Å². The summed E-state index contributed by atoms with van der Waals surface area (Å²) in [5.41, 5.74) is 1.88. The van der Waals surface area contributed by atoms with Crippen LogP contribution < -0.4 is 16.7 Å². The van der Waals surface area contributed by atoms with Gasteiger partial charge in [-0.25, -0.2) is 14.2 Å². The molecule has 0 aliphatic rings. The van der Waals surface area contributed by atoms with Crippen molar-refractivity contribution in [2.24, 2.45) is 7.05 Å². The molecule has 0 unspecified atom stereocenters. The Kier molecular flexibility index (Phi) is 6.37. The predicted molar refractivity (Wildman–Crippen MR) is 144 cm³/mol. The zero-order valence-corrected chi connectivity index (χ0v) is 21.9. The second kappa shape index (κ2) is 9.65. The number of aromatic nitrogens is 6. The van der Waals surface area contributed by atoms with Crippen LogP contribution in [0.1, 0.15) is 16.7 Å². The lowest BCUT2D eigenvalue weighted by atomic mass is 10.1. The van der Waals surface area contributed by atoms with E-state index in [-0.39, 0.29) is 12.5 Å². The Balaban J connectivity index is 1.70.